The number of nitrogens with one attached hydrogen (secondary N) is 1. The van der Waals surface area contributed by atoms with Crippen LogP contribution in [0.1, 0.15) is 38.7 Å². The Morgan fingerprint density at radius 3 is 2.29 bits per heavy atom. The molecule has 0 bridgehead atoms. The number of hydrogen-bond acceptors (Lipinski definition) is 2. The van der Waals surface area contributed by atoms with Crippen molar-refractivity contribution < 1.29 is 13.9 Å². The Kier molecular flexibility index (Phi) is 5.35. The lowest BCUT2D eigenvalue weighted by Gasteiger charge is -2.16. The number of benzene rings is 1. The number of phenols is 1. The van der Waals surface area contributed by atoms with E-state index < -0.39 is 17.4 Å². The predicted molar refractivity (Wildman–Crippen MR) is 63.8 cm³/mol. The Bertz CT molecular complexity index is 345. The maximum absolute atomic E-state index is 13.1. The number of rotatable bonds is 6. The summed E-state index contributed by atoms with van der Waals surface area (Å²) in [5.41, 5.74) is 0.507. The highest BCUT2D eigenvalue weighted by atomic mass is 19.1. The van der Waals surface area contributed by atoms with Gasteiger partial charge in [-0.15, -0.1) is 0 Å². The molecular formula is C13H19F2NO. The van der Waals surface area contributed by atoms with E-state index in [1.807, 2.05) is 0 Å². The molecule has 96 valence electrons. The smallest absolute Gasteiger partial charge is 0.187 e. The van der Waals surface area contributed by atoms with Gasteiger partial charge < -0.3 is 10.4 Å². The predicted octanol–water partition coefficient (Wildman–Crippen LogP) is 3.34. The van der Waals surface area contributed by atoms with Crippen molar-refractivity contribution in [3.63, 3.8) is 0 Å². The standard InChI is InChI=1S/C13H19F2NO/c1-3-5-10(4-2)16-8-9-6-11(14)13(17)12(15)7-9/h6-7,10,16-17H,3-5,8H2,1-2H3. The molecule has 0 saturated carbocycles. The summed E-state index contributed by atoms with van der Waals surface area (Å²) < 4.78 is 26.2. The normalized spacial score (nSPS) is 12.7. The van der Waals surface area contributed by atoms with Gasteiger partial charge in [-0.05, 0) is 30.5 Å². The summed E-state index contributed by atoms with van der Waals surface area (Å²) in [5.74, 6) is -2.73. The summed E-state index contributed by atoms with van der Waals surface area (Å²) in [6, 6.07) is 2.67. The molecule has 0 fully saturated rings. The first-order valence-corrected chi connectivity index (χ1v) is 5.98. The quantitative estimate of drug-likeness (QED) is 0.803. The minimum absolute atomic E-state index is 0.361. The van der Waals surface area contributed by atoms with Gasteiger partial charge in [-0.1, -0.05) is 20.3 Å². The van der Waals surface area contributed by atoms with E-state index >= 15 is 0 Å². The summed E-state index contributed by atoms with van der Waals surface area (Å²) in [5, 5.41) is 12.2. The van der Waals surface area contributed by atoms with Crippen molar-refractivity contribution >= 4 is 0 Å². The third-order valence-electron chi connectivity index (χ3n) is 2.80. The van der Waals surface area contributed by atoms with E-state index in [2.05, 4.69) is 19.2 Å². The SMILES string of the molecule is CCCC(CC)NCc1cc(F)c(O)c(F)c1. The van der Waals surface area contributed by atoms with E-state index in [0.717, 1.165) is 31.4 Å². The van der Waals surface area contributed by atoms with E-state index in [4.69, 9.17) is 5.11 Å². The molecule has 0 aliphatic heterocycles. The van der Waals surface area contributed by atoms with E-state index in [-0.39, 0.29) is 0 Å². The van der Waals surface area contributed by atoms with Gasteiger partial charge in [0.15, 0.2) is 17.4 Å². The monoisotopic (exact) mass is 243 g/mol. The molecular weight excluding hydrogens is 224 g/mol. The lowest BCUT2D eigenvalue weighted by atomic mass is 10.1. The number of aromatic hydroxyl groups is 1. The van der Waals surface area contributed by atoms with Gasteiger partial charge in [0.25, 0.3) is 0 Å². The van der Waals surface area contributed by atoms with Gasteiger partial charge in [-0.2, -0.15) is 0 Å². The zero-order valence-electron chi connectivity index (χ0n) is 10.3. The van der Waals surface area contributed by atoms with E-state index in [1.165, 1.54) is 0 Å². The molecule has 0 aliphatic carbocycles. The van der Waals surface area contributed by atoms with Crippen molar-refractivity contribution in [1.29, 1.82) is 0 Å². The molecule has 0 aromatic heterocycles. The molecule has 1 atom stereocenters. The molecule has 0 spiro atoms. The van der Waals surface area contributed by atoms with Gasteiger partial charge in [-0.25, -0.2) is 8.78 Å². The molecule has 0 heterocycles. The third kappa shape index (κ3) is 3.97. The lowest BCUT2D eigenvalue weighted by Crippen LogP contribution is -2.27. The molecule has 1 rings (SSSR count). The van der Waals surface area contributed by atoms with E-state index in [1.54, 1.807) is 0 Å². The Balaban J connectivity index is 2.63. The molecule has 1 aromatic rings. The van der Waals surface area contributed by atoms with Crippen LogP contribution in [0.4, 0.5) is 8.78 Å². The number of hydrogen-bond donors (Lipinski definition) is 2. The topological polar surface area (TPSA) is 32.3 Å². The number of phenolic OH excluding ortho intramolecular Hbond substituents is 1. The average molecular weight is 243 g/mol. The van der Waals surface area contributed by atoms with Crippen molar-refractivity contribution in [2.75, 3.05) is 0 Å². The second-order valence-corrected chi connectivity index (χ2v) is 4.18. The van der Waals surface area contributed by atoms with Crippen molar-refractivity contribution in [1.82, 2.24) is 5.32 Å². The summed E-state index contributed by atoms with van der Waals surface area (Å²) in [6.45, 7) is 4.59. The van der Waals surface area contributed by atoms with Crippen LogP contribution < -0.4 is 5.32 Å². The Labute approximate surface area is 101 Å². The molecule has 4 heteroatoms. The molecule has 0 radical (unpaired) electrons. The van der Waals surface area contributed by atoms with Crippen LogP contribution in [0.15, 0.2) is 12.1 Å². The van der Waals surface area contributed by atoms with Crippen LogP contribution in [0, 0.1) is 11.6 Å². The summed E-state index contributed by atoms with van der Waals surface area (Å²) in [7, 11) is 0. The highest BCUT2D eigenvalue weighted by molar-refractivity contribution is 5.29. The maximum atomic E-state index is 13.1. The van der Waals surface area contributed by atoms with Crippen LogP contribution in [-0.4, -0.2) is 11.1 Å². The van der Waals surface area contributed by atoms with Crippen LogP contribution in [0.5, 0.6) is 5.75 Å². The number of halogens is 2. The van der Waals surface area contributed by atoms with Gasteiger partial charge in [0.2, 0.25) is 0 Å². The minimum atomic E-state index is -0.912. The van der Waals surface area contributed by atoms with Gasteiger partial charge in [0.1, 0.15) is 0 Å². The fourth-order valence-electron chi connectivity index (χ4n) is 1.78. The molecule has 1 unspecified atom stereocenters. The highest BCUT2D eigenvalue weighted by Crippen LogP contribution is 2.21. The molecule has 1 aromatic carbocycles. The Morgan fingerprint density at radius 2 is 1.82 bits per heavy atom. The van der Waals surface area contributed by atoms with Crippen LogP contribution in [0.2, 0.25) is 0 Å². The first-order chi connectivity index (χ1) is 8.08. The first kappa shape index (κ1) is 13.9. The Hall–Kier alpha value is -1.16. The van der Waals surface area contributed by atoms with Gasteiger partial charge in [0.05, 0.1) is 0 Å². The van der Waals surface area contributed by atoms with Crippen LogP contribution >= 0.6 is 0 Å². The molecule has 0 saturated heterocycles. The average Bonchev–Trinajstić information content (AvgIpc) is 2.31. The molecule has 2 nitrogen and oxygen atoms in total. The van der Waals surface area contributed by atoms with Crippen LogP contribution in [-0.2, 0) is 6.54 Å². The van der Waals surface area contributed by atoms with Crippen molar-refractivity contribution in [2.45, 2.75) is 45.7 Å². The van der Waals surface area contributed by atoms with E-state index in [9.17, 15) is 8.78 Å². The fourth-order valence-corrected chi connectivity index (χ4v) is 1.78. The summed E-state index contributed by atoms with van der Waals surface area (Å²) in [6.07, 6.45) is 3.10. The molecule has 0 aliphatic rings. The molecule has 2 N–H and O–H groups in total. The second kappa shape index (κ2) is 6.55. The zero-order valence-corrected chi connectivity index (χ0v) is 10.3. The van der Waals surface area contributed by atoms with Gasteiger partial charge in [-0.3, -0.25) is 0 Å². The summed E-state index contributed by atoms with van der Waals surface area (Å²) in [4.78, 5) is 0. The van der Waals surface area contributed by atoms with Gasteiger partial charge >= 0.3 is 0 Å². The van der Waals surface area contributed by atoms with Crippen LogP contribution in [0.25, 0.3) is 0 Å². The minimum Gasteiger partial charge on any atom is -0.503 e. The van der Waals surface area contributed by atoms with E-state index in [0.29, 0.717) is 18.2 Å². The third-order valence-corrected chi connectivity index (χ3v) is 2.80. The largest absolute Gasteiger partial charge is 0.503 e. The van der Waals surface area contributed by atoms with Crippen molar-refractivity contribution in [3.8, 4) is 5.75 Å². The van der Waals surface area contributed by atoms with Gasteiger partial charge in [0, 0.05) is 12.6 Å². The first-order valence-electron chi connectivity index (χ1n) is 5.98. The van der Waals surface area contributed by atoms with Crippen molar-refractivity contribution in [2.24, 2.45) is 0 Å². The second-order valence-electron chi connectivity index (χ2n) is 4.18. The maximum Gasteiger partial charge on any atom is 0.187 e. The molecule has 17 heavy (non-hydrogen) atoms. The molecule has 0 amide bonds. The summed E-state index contributed by atoms with van der Waals surface area (Å²) >= 11 is 0. The Morgan fingerprint density at radius 1 is 1.24 bits per heavy atom. The highest BCUT2D eigenvalue weighted by Gasteiger charge is 2.10. The fraction of sp³-hybridized carbons (Fsp3) is 0.538. The van der Waals surface area contributed by atoms with Crippen molar-refractivity contribution in [3.05, 3.63) is 29.3 Å². The zero-order chi connectivity index (χ0) is 12.8. The van der Waals surface area contributed by atoms with Crippen LogP contribution in [0.3, 0.4) is 0 Å². The lowest BCUT2D eigenvalue weighted by molar-refractivity contribution is 0.394.